The molecule has 0 saturated carbocycles. The van der Waals surface area contributed by atoms with Crippen molar-refractivity contribution in [3.8, 4) is 0 Å². The Bertz CT molecular complexity index is 368. The molecule has 82 valence electrons. The fourth-order valence-corrected chi connectivity index (χ4v) is 1.22. The van der Waals surface area contributed by atoms with E-state index >= 15 is 0 Å². The van der Waals surface area contributed by atoms with Crippen LogP contribution in [0.5, 0.6) is 0 Å². The van der Waals surface area contributed by atoms with Crippen LogP contribution >= 0.6 is 11.6 Å². The van der Waals surface area contributed by atoms with Crippen LogP contribution in [0, 0.1) is 11.7 Å². The van der Waals surface area contributed by atoms with E-state index in [2.05, 4.69) is 5.32 Å². The third-order valence-electron chi connectivity index (χ3n) is 2.27. The van der Waals surface area contributed by atoms with Crippen molar-refractivity contribution in [3.05, 3.63) is 29.0 Å². The first-order valence-corrected chi connectivity index (χ1v) is 5.19. The number of benzene rings is 1. The van der Waals surface area contributed by atoms with Gasteiger partial charge < -0.3 is 5.32 Å². The van der Waals surface area contributed by atoms with Gasteiger partial charge >= 0.3 is 0 Å². The summed E-state index contributed by atoms with van der Waals surface area (Å²) in [6.45, 7) is 3.69. The van der Waals surface area contributed by atoms with E-state index in [1.165, 1.54) is 12.1 Å². The van der Waals surface area contributed by atoms with E-state index in [-0.39, 0.29) is 22.5 Å². The van der Waals surface area contributed by atoms with E-state index in [0.717, 1.165) is 0 Å². The standard InChI is InChI=1S/C11H13ClFNO/c1-3-7(2)11(15)14-9-6-4-5-8(12)10(9)13/h4-7H,3H2,1-2H3,(H,14,15). The van der Waals surface area contributed by atoms with Crippen LogP contribution in [-0.2, 0) is 4.79 Å². The third-order valence-corrected chi connectivity index (χ3v) is 2.56. The van der Waals surface area contributed by atoms with Crippen LogP contribution in [0.15, 0.2) is 18.2 Å². The average Bonchev–Trinajstić information content (AvgIpc) is 2.23. The Morgan fingerprint density at radius 3 is 2.87 bits per heavy atom. The molecule has 0 heterocycles. The Hall–Kier alpha value is -1.09. The molecule has 0 spiro atoms. The second-order valence-corrected chi connectivity index (χ2v) is 3.81. The minimum atomic E-state index is -0.587. The predicted octanol–water partition coefficient (Wildman–Crippen LogP) is 3.46. The van der Waals surface area contributed by atoms with Crippen molar-refractivity contribution in [2.45, 2.75) is 20.3 Å². The van der Waals surface area contributed by atoms with Gasteiger partial charge in [-0.05, 0) is 18.6 Å². The van der Waals surface area contributed by atoms with Gasteiger partial charge in [-0.25, -0.2) is 4.39 Å². The Morgan fingerprint density at radius 1 is 1.60 bits per heavy atom. The maximum absolute atomic E-state index is 13.4. The normalized spacial score (nSPS) is 12.3. The van der Waals surface area contributed by atoms with Crippen molar-refractivity contribution in [2.75, 3.05) is 5.32 Å². The lowest BCUT2D eigenvalue weighted by Crippen LogP contribution is -2.20. The van der Waals surface area contributed by atoms with Crippen LogP contribution < -0.4 is 5.32 Å². The number of halogens is 2. The second-order valence-electron chi connectivity index (χ2n) is 3.40. The monoisotopic (exact) mass is 229 g/mol. The lowest BCUT2D eigenvalue weighted by atomic mass is 10.1. The Morgan fingerprint density at radius 2 is 2.27 bits per heavy atom. The summed E-state index contributed by atoms with van der Waals surface area (Å²) in [4.78, 5) is 11.5. The Balaban J connectivity index is 2.81. The molecule has 1 aromatic carbocycles. The molecule has 0 bridgehead atoms. The molecular formula is C11H13ClFNO. The minimum absolute atomic E-state index is 0.0111. The van der Waals surface area contributed by atoms with Gasteiger partial charge in [-0.15, -0.1) is 0 Å². The molecule has 4 heteroatoms. The van der Waals surface area contributed by atoms with Crippen LogP contribution in [0.25, 0.3) is 0 Å². The van der Waals surface area contributed by atoms with Crippen molar-refractivity contribution in [3.63, 3.8) is 0 Å². The molecule has 0 aliphatic rings. The van der Waals surface area contributed by atoms with E-state index in [1.807, 2.05) is 6.92 Å². The first-order chi connectivity index (χ1) is 7.06. The molecule has 0 fully saturated rings. The summed E-state index contributed by atoms with van der Waals surface area (Å²) in [6, 6.07) is 4.52. The van der Waals surface area contributed by atoms with Crippen LogP contribution in [0.3, 0.4) is 0 Å². The largest absolute Gasteiger partial charge is 0.323 e. The molecule has 1 aromatic rings. The quantitative estimate of drug-likeness (QED) is 0.845. The first kappa shape index (κ1) is 12.0. The molecule has 0 radical (unpaired) electrons. The van der Waals surface area contributed by atoms with Crippen LogP contribution in [-0.4, -0.2) is 5.91 Å². The van der Waals surface area contributed by atoms with Crippen LogP contribution in [0.2, 0.25) is 5.02 Å². The minimum Gasteiger partial charge on any atom is -0.323 e. The fourth-order valence-electron chi connectivity index (χ4n) is 1.04. The van der Waals surface area contributed by atoms with Crippen molar-refractivity contribution < 1.29 is 9.18 Å². The zero-order valence-electron chi connectivity index (χ0n) is 8.68. The lowest BCUT2D eigenvalue weighted by Gasteiger charge is -2.10. The topological polar surface area (TPSA) is 29.1 Å². The summed E-state index contributed by atoms with van der Waals surface area (Å²) in [5, 5.41) is 2.51. The van der Waals surface area contributed by atoms with Gasteiger partial charge in [0, 0.05) is 5.92 Å². The van der Waals surface area contributed by atoms with Crippen LogP contribution in [0.4, 0.5) is 10.1 Å². The molecule has 1 rings (SSSR count). The number of carbonyl (C=O) groups excluding carboxylic acids is 1. The lowest BCUT2D eigenvalue weighted by molar-refractivity contribution is -0.119. The number of nitrogens with one attached hydrogen (secondary N) is 1. The number of anilines is 1. The number of hydrogen-bond donors (Lipinski definition) is 1. The summed E-state index contributed by atoms with van der Waals surface area (Å²) in [6.07, 6.45) is 0.716. The highest BCUT2D eigenvalue weighted by Crippen LogP contribution is 2.22. The highest BCUT2D eigenvalue weighted by Gasteiger charge is 2.13. The van der Waals surface area contributed by atoms with Gasteiger partial charge in [0.2, 0.25) is 5.91 Å². The molecule has 2 nitrogen and oxygen atoms in total. The molecule has 0 aliphatic heterocycles. The first-order valence-electron chi connectivity index (χ1n) is 4.81. The van der Waals surface area contributed by atoms with Gasteiger partial charge in [0.1, 0.15) is 0 Å². The number of carbonyl (C=O) groups is 1. The molecular weight excluding hydrogens is 217 g/mol. The van der Waals surface area contributed by atoms with E-state index in [9.17, 15) is 9.18 Å². The van der Waals surface area contributed by atoms with Crippen molar-refractivity contribution >= 4 is 23.2 Å². The van der Waals surface area contributed by atoms with Gasteiger partial charge in [0.25, 0.3) is 0 Å². The molecule has 0 saturated heterocycles. The van der Waals surface area contributed by atoms with E-state index in [0.29, 0.717) is 6.42 Å². The third kappa shape index (κ3) is 2.93. The van der Waals surface area contributed by atoms with E-state index in [4.69, 9.17) is 11.6 Å². The molecule has 1 atom stereocenters. The van der Waals surface area contributed by atoms with Gasteiger partial charge in [0.05, 0.1) is 10.7 Å². The average molecular weight is 230 g/mol. The molecule has 15 heavy (non-hydrogen) atoms. The summed E-state index contributed by atoms with van der Waals surface area (Å²) in [5.41, 5.74) is 0.132. The van der Waals surface area contributed by atoms with Crippen LogP contribution in [0.1, 0.15) is 20.3 Å². The Kier molecular flexibility index (Phi) is 4.09. The molecule has 1 amide bonds. The van der Waals surface area contributed by atoms with Gasteiger partial charge in [-0.2, -0.15) is 0 Å². The number of amides is 1. The molecule has 0 aliphatic carbocycles. The summed E-state index contributed by atoms with van der Waals surface area (Å²) in [5.74, 6) is -0.919. The summed E-state index contributed by atoms with van der Waals surface area (Å²) < 4.78 is 13.4. The van der Waals surface area contributed by atoms with E-state index in [1.54, 1.807) is 13.0 Å². The fraction of sp³-hybridized carbons (Fsp3) is 0.364. The molecule has 0 aromatic heterocycles. The zero-order chi connectivity index (χ0) is 11.4. The second kappa shape index (κ2) is 5.12. The predicted molar refractivity (Wildman–Crippen MR) is 59.5 cm³/mol. The van der Waals surface area contributed by atoms with Crippen molar-refractivity contribution in [1.29, 1.82) is 0 Å². The number of rotatable bonds is 3. The zero-order valence-corrected chi connectivity index (χ0v) is 9.44. The van der Waals surface area contributed by atoms with Gasteiger partial charge in [-0.3, -0.25) is 4.79 Å². The maximum atomic E-state index is 13.4. The van der Waals surface area contributed by atoms with Gasteiger partial charge in [0.15, 0.2) is 5.82 Å². The van der Waals surface area contributed by atoms with Crippen molar-refractivity contribution in [1.82, 2.24) is 0 Å². The maximum Gasteiger partial charge on any atom is 0.227 e. The highest BCUT2D eigenvalue weighted by molar-refractivity contribution is 6.31. The van der Waals surface area contributed by atoms with Gasteiger partial charge in [-0.1, -0.05) is 31.5 Å². The highest BCUT2D eigenvalue weighted by atomic mass is 35.5. The smallest absolute Gasteiger partial charge is 0.227 e. The Labute approximate surface area is 93.4 Å². The summed E-state index contributed by atoms with van der Waals surface area (Å²) >= 11 is 5.58. The molecule has 1 N–H and O–H groups in total. The number of hydrogen-bond acceptors (Lipinski definition) is 1. The van der Waals surface area contributed by atoms with E-state index < -0.39 is 5.82 Å². The molecule has 1 unspecified atom stereocenters. The summed E-state index contributed by atoms with van der Waals surface area (Å²) in [7, 11) is 0. The SMILES string of the molecule is CCC(C)C(=O)Nc1cccc(Cl)c1F. The van der Waals surface area contributed by atoms with Crippen molar-refractivity contribution in [2.24, 2.45) is 5.92 Å².